The van der Waals surface area contributed by atoms with Crippen molar-refractivity contribution >= 4 is 0 Å². The van der Waals surface area contributed by atoms with Crippen LogP contribution in [0.2, 0.25) is 0 Å². The lowest BCUT2D eigenvalue weighted by Gasteiger charge is -2.07. The number of hydrogen-bond donors (Lipinski definition) is 1. The molecule has 1 aromatic carbocycles. The lowest BCUT2D eigenvalue weighted by molar-refractivity contribution is 0.281. The lowest BCUT2D eigenvalue weighted by atomic mass is 10.2. The number of ether oxygens (including phenoxy) is 1. The van der Waals surface area contributed by atoms with Crippen molar-refractivity contribution in [2.45, 2.75) is 25.5 Å². The van der Waals surface area contributed by atoms with Gasteiger partial charge < -0.3 is 14.4 Å². The van der Waals surface area contributed by atoms with Crippen LogP contribution in [-0.4, -0.2) is 14.7 Å². The Hall–Kier alpha value is -2.14. The molecule has 3 rings (SSSR count). The number of aliphatic hydroxyl groups excluding tert-OH is 1. The molecule has 1 fully saturated rings. The van der Waals surface area contributed by atoms with Crippen LogP contribution < -0.4 is 10.3 Å². The normalized spacial score (nSPS) is 14.4. The minimum atomic E-state index is -0.209. The van der Waals surface area contributed by atoms with Crippen molar-refractivity contribution < 1.29 is 9.84 Å². The average molecular weight is 258 g/mol. The molecular formula is C14H14N2O3. The summed E-state index contributed by atoms with van der Waals surface area (Å²) in [6.07, 6.45) is 5.33. The Morgan fingerprint density at radius 3 is 3.00 bits per heavy atom. The quantitative estimate of drug-likeness (QED) is 0.909. The van der Waals surface area contributed by atoms with Crippen LogP contribution in [-0.2, 0) is 6.61 Å². The van der Waals surface area contributed by atoms with Crippen molar-refractivity contribution in [1.29, 1.82) is 0 Å². The van der Waals surface area contributed by atoms with E-state index in [0.29, 0.717) is 11.8 Å². The van der Waals surface area contributed by atoms with Crippen molar-refractivity contribution in [2.75, 3.05) is 0 Å². The smallest absolute Gasteiger partial charge is 0.313 e. The molecule has 1 saturated carbocycles. The number of rotatable bonds is 4. The van der Waals surface area contributed by atoms with Gasteiger partial charge in [0.2, 0.25) is 0 Å². The Bertz CT molecular complexity index is 647. The highest BCUT2D eigenvalue weighted by molar-refractivity contribution is 5.30. The predicted octanol–water partition coefficient (Wildman–Crippen LogP) is 1.86. The van der Waals surface area contributed by atoms with Gasteiger partial charge in [-0.1, -0.05) is 12.1 Å². The third-order valence-corrected chi connectivity index (χ3v) is 3.07. The second-order valence-electron chi connectivity index (χ2n) is 4.58. The van der Waals surface area contributed by atoms with E-state index in [9.17, 15) is 4.79 Å². The first kappa shape index (κ1) is 11.9. The summed E-state index contributed by atoms with van der Waals surface area (Å²) in [5.41, 5.74) is 0.523. The zero-order valence-electron chi connectivity index (χ0n) is 10.3. The van der Waals surface area contributed by atoms with Crippen LogP contribution in [0.5, 0.6) is 11.6 Å². The molecule has 0 saturated heterocycles. The largest absolute Gasteiger partial charge is 0.435 e. The van der Waals surface area contributed by atoms with Crippen molar-refractivity contribution in [1.82, 2.24) is 9.55 Å². The predicted molar refractivity (Wildman–Crippen MR) is 69.2 cm³/mol. The fraction of sp³-hybridized carbons (Fsp3) is 0.286. The molecule has 5 nitrogen and oxygen atoms in total. The van der Waals surface area contributed by atoms with Gasteiger partial charge in [0.1, 0.15) is 5.75 Å². The van der Waals surface area contributed by atoms with Gasteiger partial charge in [0.15, 0.2) is 0 Å². The number of aliphatic hydroxyl groups is 1. The Morgan fingerprint density at radius 1 is 1.42 bits per heavy atom. The molecule has 0 spiro atoms. The van der Waals surface area contributed by atoms with Crippen LogP contribution in [0, 0.1) is 0 Å². The average Bonchev–Trinajstić information content (AvgIpc) is 3.26. The molecule has 98 valence electrons. The summed E-state index contributed by atoms with van der Waals surface area (Å²) in [7, 11) is 0. The maximum Gasteiger partial charge on any atom is 0.313 e. The SMILES string of the molecule is O=c1c(Oc2cccc(CO)c2)nccn1C1CC1. The van der Waals surface area contributed by atoms with Crippen molar-refractivity contribution in [2.24, 2.45) is 0 Å². The van der Waals surface area contributed by atoms with E-state index in [1.165, 1.54) is 0 Å². The summed E-state index contributed by atoms with van der Waals surface area (Å²) in [6, 6.07) is 7.27. The second kappa shape index (κ2) is 4.85. The van der Waals surface area contributed by atoms with E-state index in [1.54, 1.807) is 41.2 Å². The highest BCUT2D eigenvalue weighted by Gasteiger charge is 2.25. The molecule has 1 aliphatic rings. The van der Waals surface area contributed by atoms with Crippen molar-refractivity contribution in [3.8, 4) is 11.6 Å². The first-order valence-corrected chi connectivity index (χ1v) is 6.23. The fourth-order valence-corrected chi connectivity index (χ4v) is 1.94. The number of hydrogen-bond acceptors (Lipinski definition) is 4. The van der Waals surface area contributed by atoms with Crippen LogP contribution in [0.25, 0.3) is 0 Å². The zero-order valence-corrected chi connectivity index (χ0v) is 10.3. The van der Waals surface area contributed by atoms with E-state index in [1.807, 2.05) is 0 Å². The van der Waals surface area contributed by atoms with E-state index in [0.717, 1.165) is 18.4 Å². The van der Waals surface area contributed by atoms with Gasteiger partial charge in [0, 0.05) is 18.4 Å². The van der Waals surface area contributed by atoms with Gasteiger partial charge in [-0.2, -0.15) is 0 Å². The highest BCUT2D eigenvalue weighted by Crippen LogP contribution is 2.33. The summed E-state index contributed by atoms with van der Waals surface area (Å²) < 4.78 is 7.18. The molecule has 0 unspecified atom stereocenters. The first-order valence-electron chi connectivity index (χ1n) is 6.23. The molecule has 0 bridgehead atoms. The van der Waals surface area contributed by atoms with Gasteiger partial charge in [-0.15, -0.1) is 0 Å². The molecule has 0 aliphatic heterocycles. The second-order valence-corrected chi connectivity index (χ2v) is 4.58. The van der Waals surface area contributed by atoms with Crippen LogP contribution in [0.3, 0.4) is 0 Å². The maximum absolute atomic E-state index is 12.1. The minimum absolute atomic E-state index is 0.0638. The molecule has 2 aromatic rings. The molecule has 1 N–H and O–H groups in total. The zero-order chi connectivity index (χ0) is 13.2. The van der Waals surface area contributed by atoms with Crippen LogP contribution in [0.15, 0.2) is 41.5 Å². The summed E-state index contributed by atoms with van der Waals surface area (Å²) in [4.78, 5) is 16.1. The number of nitrogens with zero attached hydrogens (tertiary/aromatic N) is 2. The molecule has 1 aliphatic carbocycles. The lowest BCUT2D eigenvalue weighted by Crippen LogP contribution is -2.20. The Labute approximate surface area is 110 Å². The van der Waals surface area contributed by atoms with E-state index in [2.05, 4.69) is 4.98 Å². The molecule has 0 amide bonds. The van der Waals surface area contributed by atoms with Gasteiger partial charge in [-0.3, -0.25) is 4.79 Å². The van der Waals surface area contributed by atoms with Gasteiger partial charge in [-0.05, 0) is 30.5 Å². The first-order chi connectivity index (χ1) is 9.28. The monoisotopic (exact) mass is 258 g/mol. The maximum atomic E-state index is 12.1. The molecule has 19 heavy (non-hydrogen) atoms. The van der Waals surface area contributed by atoms with E-state index >= 15 is 0 Å². The molecular weight excluding hydrogens is 244 g/mol. The summed E-state index contributed by atoms with van der Waals surface area (Å²) in [6.45, 7) is -0.0638. The van der Waals surface area contributed by atoms with Gasteiger partial charge in [0.05, 0.1) is 6.61 Å². The molecule has 0 radical (unpaired) electrons. The van der Waals surface area contributed by atoms with Gasteiger partial charge >= 0.3 is 5.56 Å². The van der Waals surface area contributed by atoms with Gasteiger partial charge in [0.25, 0.3) is 5.88 Å². The van der Waals surface area contributed by atoms with Crippen molar-refractivity contribution in [3.05, 3.63) is 52.6 Å². The standard InChI is InChI=1S/C14H14N2O3/c17-9-10-2-1-3-12(8-10)19-13-14(18)16(7-6-15-13)11-4-5-11/h1-3,6-8,11,17H,4-5,9H2. The fourth-order valence-electron chi connectivity index (χ4n) is 1.94. The Balaban J connectivity index is 1.90. The van der Waals surface area contributed by atoms with E-state index in [4.69, 9.17) is 9.84 Å². The van der Waals surface area contributed by atoms with E-state index < -0.39 is 0 Å². The van der Waals surface area contributed by atoms with E-state index in [-0.39, 0.29) is 18.0 Å². The molecule has 0 atom stereocenters. The minimum Gasteiger partial charge on any atom is -0.435 e. The number of benzene rings is 1. The molecule has 5 heteroatoms. The van der Waals surface area contributed by atoms with Gasteiger partial charge in [-0.25, -0.2) is 4.98 Å². The Kier molecular flexibility index (Phi) is 3.05. The summed E-state index contributed by atoms with van der Waals surface area (Å²) in [5.74, 6) is 0.578. The molecule has 1 heterocycles. The number of aromatic nitrogens is 2. The third kappa shape index (κ3) is 2.51. The third-order valence-electron chi connectivity index (χ3n) is 3.07. The Morgan fingerprint density at radius 2 is 2.26 bits per heavy atom. The van der Waals surface area contributed by atoms with Crippen LogP contribution in [0.4, 0.5) is 0 Å². The highest BCUT2D eigenvalue weighted by atomic mass is 16.5. The summed E-state index contributed by atoms with van der Waals surface area (Å²) >= 11 is 0. The summed E-state index contributed by atoms with van der Waals surface area (Å²) in [5, 5.41) is 9.07. The van der Waals surface area contributed by atoms with Crippen LogP contribution in [0.1, 0.15) is 24.4 Å². The molecule has 1 aromatic heterocycles. The topological polar surface area (TPSA) is 64.3 Å². The van der Waals surface area contributed by atoms with Crippen LogP contribution >= 0.6 is 0 Å². The van der Waals surface area contributed by atoms with Crippen molar-refractivity contribution in [3.63, 3.8) is 0 Å².